The van der Waals surface area contributed by atoms with E-state index in [4.69, 9.17) is 5.11 Å². The van der Waals surface area contributed by atoms with E-state index in [0.29, 0.717) is 5.56 Å². The summed E-state index contributed by atoms with van der Waals surface area (Å²) in [5.41, 5.74) is 0.787. The van der Waals surface area contributed by atoms with Gasteiger partial charge in [-0.3, -0.25) is 9.59 Å². The summed E-state index contributed by atoms with van der Waals surface area (Å²) in [6.45, 7) is 1.13. The average molecular weight is 340 g/mol. The van der Waals surface area contributed by atoms with Gasteiger partial charge in [0.05, 0.1) is 18.2 Å². The first-order chi connectivity index (χ1) is 9.47. The number of β-amino-alcohol motifs (C(OH)–C–C–N with tert-alkyl or cyclic N) is 1. The predicted octanol–water partition coefficient (Wildman–Crippen LogP) is 1.73. The molecular formula is C14H14BrNO4. The van der Waals surface area contributed by atoms with E-state index in [1.165, 1.54) is 11.8 Å². The van der Waals surface area contributed by atoms with Crippen molar-refractivity contribution in [3.05, 3.63) is 45.6 Å². The Kier molecular flexibility index (Phi) is 4.25. The van der Waals surface area contributed by atoms with Crippen molar-refractivity contribution in [1.82, 2.24) is 4.90 Å². The second-order valence-corrected chi connectivity index (χ2v) is 5.41. The third kappa shape index (κ3) is 2.48. The predicted molar refractivity (Wildman–Crippen MR) is 76.0 cm³/mol. The molecule has 0 spiro atoms. The van der Waals surface area contributed by atoms with Crippen LogP contribution in [0.3, 0.4) is 0 Å². The van der Waals surface area contributed by atoms with Crippen molar-refractivity contribution in [3.8, 4) is 0 Å². The Morgan fingerprint density at radius 2 is 1.95 bits per heavy atom. The molecule has 1 aliphatic heterocycles. The number of carbonyl (C=O) groups is 2. The lowest BCUT2D eigenvalue weighted by molar-refractivity contribution is -0.129. The number of ketones is 1. The highest BCUT2D eigenvalue weighted by Gasteiger charge is 2.41. The topological polar surface area (TPSA) is 77.8 Å². The van der Waals surface area contributed by atoms with Gasteiger partial charge in [-0.2, -0.15) is 0 Å². The molecule has 0 aromatic heterocycles. The second kappa shape index (κ2) is 5.76. The molecule has 20 heavy (non-hydrogen) atoms. The van der Waals surface area contributed by atoms with E-state index in [-0.39, 0.29) is 24.5 Å². The summed E-state index contributed by atoms with van der Waals surface area (Å²) < 4.78 is 0.872. The van der Waals surface area contributed by atoms with E-state index < -0.39 is 17.7 Å². The highest BCUT2D eigenvalue weighted by atomic mass is 79.9. The molecule has 1 aromatic rings. The SMILES string of the molecule is CC(=O)C1=C(O)C(=O)N(CCO)C1c1ccc(Br)cc1. The summed E-state index contributed by atoms with van der Waals surface area (Å²) in [7, 11) is 0. The van der Waals surface area contributed by atoms with Crippen LogP contribution in [0.5, 0.6) is 0 Å². The minimum Gasteiger partial charge on any atom is -0.503 e. The first-order valence-corrected chi connectivity index (χ1v) is 6.88. The van der Waals surface area contributed by atoms with Crippen molar-refractivity contribution >= 4 is 27.6 Å². The number of aliphatic hydroxyl groups is 2. The molecule has 1 unspecified atom stereocenters. The minimum absolute atomic E-state index is 0.0560. The zero-order valence-corrected chi connectivity index (χ0v) is 12.4. The van der Waals surface area contributed by atoms with Gasteiger partial charge in [0.1, 0.15) is 0 Å². The first-order valence-electron chi connectivity index (χ1n) is 6.08. The third-order valence-electron chi connectivity index (χ3n) is 3.21. The van der Waals surface area contributed by atoms with Crippen LogP contribution in [-0.2, 0) is 9.59 Å². The van der Waals surface area contributed by atoms with E-state index in [9.17, 15) is 14.7 Å². The number of benzene rings is 1. The van der Waals surface area contributed by atoms with Gasteiger partial charge in [-0.05, 0) is 24.6 Å². The van der Waals surface area contributed by atoms with Crippen molar-refractivity contribution in [1.29, 1.82) is 0 Å². The van der Waals surface area contributed by atoms with Gasteiger partial charge in [-0.1, -0.05) is 28.1 Å². The number of hydrogen-bond acceptors (Lipinski definition) is 4. The first kappa shape index (κ1) is 14.7. The van der Waals surface area contributed by atoms with Crippen LogP contribution in [-0.4, -0.2) is 40.0 Å². The molecule has 1 aromatic carbocycles. The number of amides is 1. The molecule has 1 amide bonds. The van der Waals surface area contributed by atoms with E-state index in [1.807, 2.05) is 0 Å². The molecule has 0 aliphatic carbocycles. The van der Waals surface area contributed by atoms with Gasteiger partial charge in [-0.25, -0.2) is 0 Å². The van der Waals surface area contributed by atoms with Crippen molar-refractivity contribution in [2.75, 3.05) is 13.2 Å². The molecule has 2 rings (SSSR count). The number of halogens is 1. The maximum absolute atomic E-state index is 12.0. The summed E-state index contributed by atoms with van der Waals surface area (Å²) in [5, 5.41) is 19.0. The number of nitrogens with zero attached hydrogens (tertiary/aromatic N) is 1. The van der Waals surface area contributed by atoms with Crippen LogP contribution in [0.25, 0.3) is 0 Å². The van der Waals surface area contributed by atoms with E-state index in [1.54, 1.807) is 24.3 Å². The zero-order chi connectivity index (χ0) is 14.9. The maximum atomic E-state index is 12.0. The van der Waals surface area contributed by atoms with Crippen LogP contribution in [0.1, 0.15) is 18.5 Å². The highest BCUT2D eigenvalue weighted by Crippen LogP contribution is 2.37. The smallest absolute Gasteiger partial charge is 0.290 e. The van der Waals surface area contributed by atoms with Crippen LogP contribution >= 0.6 is 15.9 Å². The van der Waals surface area contributed by atoms with Crippen molar-refractivity contribution < 1.29 is 19.8 Å². The molecule has 106 valence electrons. The fourth-order valence-corrected chi connectivity index (χ4v) is 2.61. The van der Waals surface area contributed by atoms with Gasteiger partial charge in [0.25, 0.3) is 5.91 Å². The van der Waals surface area contributed by atoms with Crippen LogP contribution in [0, 0.1) is 0 Å². The van der Waals surface area contributed by atoms with Crippen LogP contribution in [0.2, 0.25) is 0 Å². The van der Waals surface area contributed by atoms with Crippen LogP contribution in [0.15, 0.2) is 40.1 Å². The molecular weight excluding hydrogens is 326 g/mol. The van der Waals surface area contributed by atoms with Gasteiger partial charge in [0.15, 0.2) is 11.5 Å². The fourth-order valence-electron chi connectivity index (χ4n) is 2.34. The lowest BCUT2D eigenvalue weighted by atomic mass is 9.97. The van der Waals surface area contributed by atoms with Gasteiger partial charge in [-0.15, -0.1) is 0 Å². The monoisotopic (exact) mass is 339 g/mol. The average Bonchev–Trinajstić information content (AvgIpc) is 2.65. The van der Waals surface area contributed by atoms with Gasteiger partial charge >= 0.3 is 0 Å². The molecule has 2 N–H and O–H groups in total. The molecule has 5 nitrogen and oxygen atoms in total. The summed E-state index contributed by atoms with van der Waals surface area (Å²) in [6, 6.07) is 6.48. The van der Waals surface area contributed by atoms with E-state index >= 15 is 0 Å². The molecule has 1 atom stereocenters. The number of aliphatic hydroxyl groups excluding tert-OH is 2. The van der Waals surface area contributed by atoms with Gasteiger partial charge < -0.3 is 15.1 Å². The van der Waals surface area contributed by atoms with Gasteiger partial charge in [0, 0.05) is 11.0 Å². The molecule has 0 bridgehead atoms. The van der Waals surface area contributed by atoms with Gasteiger partial charge in [0.2, 0.25) is 0 Å². The Hall–Kier alpha value is -1.66. The fraction of sp³-hybridized carbons (Fsp3) is 0.286. The third-order valence-corrected chi connectivity index (χ3v) is 3.74. The highest BCUT2D eigenvalue weighted by molar-refractivity contribution is 9.10. The Morgan fingerprint density at radius 3 is 2.45 bits per heavy atom. The zero-order valence-electron chi connectivity index (χ0n) is 10.8. The lowest BCUT2D eigenvalue weighted by Crippen LogP contribution is -2.33. The quantitative estimate of drug-likeness (QED) is 0.875. The largest absolute Gasteiger partial charge is 0.503 e. The lowest BCUT2D eigenvalue weighted by Gasteiger charge is -2.25. The number of carbonyl (C=O) groups excluding carboxylic acids is 2. The maximum Gasteiger partial charge on any atom is 0.290 e. The normalized spacial score (nSPS) is 18.9. The molecule has 0 radical (unpaired) electrons. The molecule has 0 fully saturated rings. The summed E-state index contributed by atoms with van der Waals surface area (Å²) in [6.07, 6.45) is 0. The van der Waals surface area contributed by atoms with Crippen LogP contribution < -0.4 is 0 Å². The molecule has 6 heteroatoms. The number of rotatable bonds is 4. The number of hydrogen-bond donors (Lipinski definition) is 2. The summed E-state index contributed by atoms with van der Waals surface area (Å²) in [4.78, 5) is 25.0. The van der Waals surface area contributed by atoms with Crippen molar-refractivity contribution in [3.63, 3.8) is 0 Å². The Balaban J connectivity index is 2.51. The molecule has 1 heterocycles. The molecule has 0 saturated carbocycles. The standard InChI is InChI=1S/C14H14BrNO4/c1-8(18)11-12(9-2-4-10(15)5-3-9)16(6-7-17)14(20)13(11)19/h2-5,12,17,19H,6-7H2,1H3. The number of Topliss-reactive ketones (excluding diaryl/α,β-unsaturated/α-hetero) is 1. The van der Waals surface area contributed by atoms with Crippen molar-refractivity contribution in [2.45, 2.75) is 13.0 Å². The Morgan fingerprint density at radius 1 is 1.35 bits per heavy atom. The minimum atomic E-state index is -0.653. The van der Waals surface area contributed by atoms with E-state index in [0.717, 1.165) is 4.47 Å². The summed E-state index contributed by atoms with van der Waals surface area (Å²) in [5.74, 6) is -1.51. The van der Waals surface area contributed by atoms with E-state index in [2.05, 4.69) is 15.9 Å². The van der Waals surface area contributed by atoms with Crippen molar-refractivity contribution in [2.24, 2.45) is 0 Å². The molecule has 0 saturated heterocycles. The molecule has 1 aliphatic rings. The Labute approximate surface area is 124 Å². The Bertz CT molecular complexity index is 579. The second-order valence-electron chi connectivity index (χ2n) is 4.49. The summed E-state index contributed by atoms with van der Waals surface area (Å²) >= 11 is 3.32. The van der Waals surface area contributed by atoms with Crippen LogP contribution in [0.4, 0.5) is 0 Å².